The highest BCUT2D eigenvalue weighted by Gasteiger charge is 2.37. The van der Waals surface area contributed by atoms with Crippen molar-refractivity contribution in [2.75, 3.05) is 6.61 Å². The largest absolute Gasteiger partial charge is 0.493 e. The molecule has 0 saturated heterocycles. The number of benzene rings is 1. The second-order valence-corrected chi connectivity index (χ2v) is 3.92. The lowest BCUT2D eigenvalue weighted by Gasteiger charge is -2.09. The van der Waals surface area contributed by atoms with Crippen LogP contribution in [0.15, 0.2) is 24.3 Å². The van der Waals surface area contributed by atoms with E-state index in [1.54, 1.807) is 12.1 Å². The second-order valence-electron chi connectivity index (χ2n) is 3.92. The molecule has 0 unspecified atom stereocenters. The third-order valence-electron chi connectivity index (χ3n) is 2.56. The lowest BCUT2D eigenvalue weighted by atomic mass is 10.2. The van der Waals surface area contributed by atoms with Crippen molar-refractivity contribution in [3.63, 3.8) is 0 Å². The van der Waals surface area contributed by atoms with Crippen molar-refractivity contribution in [1.82, 2.24) is 0 Å². The van der Waals surface area contributed by atoms with E-state index in [9.17, 15) is 4.39 Å². The number of nitrogens with two attached hydrogens (primary N) is 1. The van der Waals surface area contributed by atoms with E-state index in [0.717, 1.165) is 19.3 Å². The zero-order valence-electron chi connectivity index (χ0n) is 8.00. The highest BCUT2D eigenvalue weighted by atomic mass is 19.1. The van der Waals surface area contributed by atoms with Crippen LogP contribution in [0, 0.1) is 5.82 Å². The molecule has 1 aromatic carbocycles. The van der Waals surface area contributed by atoms with E-state index >= 15 is 0 Å². The summed E-state index contributed by atoms with van der Waals surface area (Å²) < 4.78 is 18.1. The van der Waals surface area contributed by atoms with E-state index < -0.39 is 0 Å². The molecule has 2 N–H and O–H groups in total. The number of ether oxygens (including phenoxy) is 1. The molecule has 1 fully saturated rings. The Balaban J connectivity index is 1.80. The monoisotopic (exact) mass is 195 g/mol. The van der Waals surface area contributed by atoms with Crippen LogP contribution in [-0.2, 0) is 0 Å². The Morgan fingerprint density at radius 1 is 1.43 bits per heavy atom. The van der Waals surface area contributed by atoms with Crippen LogP contribution >= 0.6 is 0 Å². The summed E-state index contributed by atoms with van der Waals surface area (Å²) in [4.78, 5) is 0. The van der Waals surface area contributed by atoms with Crippen LogP contribution in [0.3, 0.4) is 0 Å². The van der Waals surface area contributed by atoms with Crippen molar-refractivity contribution in [2.45, 2.75) is 24.8 Å². The maximum absolute atomic E-state index is 12.7. The van der Waals surface area contributed by atoms with Crippen LogP contribution in [0.1, 0.15) is 19.3 Å². The Bertz CT molecular complexity index is 323. The molecule has 76 valence electrons. The predicted octanol–water partition coefficient (Wildman–Crippen LogP) is 2.09. The van der Waals surface area contributed by atoms with Crippen LogP contribution in [0.5, 0.6) is 5.75 Å². The number of halogens is 1. The molecule has 0 aromatic heterocycles. The van der Waals surface area contributed by atoms with Gasteiger partial charge in [0.25, 0.3) is 0 Å². The van der Waals surface area contributed by atoms with Crippen molar-refractivity contribution in [1.29, 1.82) is 0 Å². The highest BCUT2D eigenvalue weighted by molar-refractivity contribution is 5.22. The molecule has 2 nitrogen and oxygen atoms in total. The summed E-state index contributed by atoms with van der Waals surface area (Å²) in [7, 11) is 0. The molecule has 0 atom stereocenters. The summed E-state index contributed by atoms with van der Waals surface area (Å²) in [5.41, 5.74) is 5.89. The van der Waals surface area contributed by atoms with E-state index in [1.807, 2.05) is 0 Å². The first-order valence-corrected chi connectivity index (χ1v) is 4.85. The van der Waals surface area contributed by atoms with E-state index in [4.69, 9.17) is 10.5 Å². The first-order chi connectivity index (χ1) is 6.68. The Morgan fingerprint density at radius 2 is 2.21 bits per heavy atom. The van der Waals surface area contributed by atoms with Crippen LogP contribution in [0.2, 0.25) is 0 Å². The van der Waals surface area contributed by atoms with Gasteiger partial charge >= 0.3 is 0 Å². The summed E-state index contributed by atoms with van der Waals surface area (Å²) in [6.07, 6.45) is 3.02. The fourth-order valence-corrected chi connectivity index (χ4v) is 1.34. The second kappa shape index (κ2) is 3.58. The molecule has 2 rings (SSSR count). The maximum atomic E-state index is 12.7. The number of hydrogen-bond donors (Lipinski definition) is 1. The lowest BCUT2D eigenvalue weighted by molar-refractivity contribution is 0.292. The minimum Gasteiger partial charge on any atom is -0.493 e. The standard InChI is InChI=1S/C11H14FNO/c12-9-2-1-3-10(8-9)14-7-6-11(13)4-5-11/h1-3,8H,4-7,13H2. The van der Waals surface area contributed by atoms with Crippen LogP contribution < -0.4 is 10.5 Å². The Kier molecular flexibility index (Phi) is 2.42. The molecule has 1 aliphatic rings. The van der Waals surface area contributed by atoms with Gasteiger partial charge in [0.05, 0.1) is 6.61 Å². The first-order valence-electron chi connectivity index (χ1n) is 4.85. The molecule has 0 spiro atoms. The third-order valence-corrected chi connectivity index (χ3v) is 2.56. The van der Waals surface area contributed by atoms with Crippen LogP contribution in [0.4, 0.5) is 4.39 Å². The number of rotatable bonds is 4. The van der Waals surface area contributed by atoms with Crippen molar-refractivity contribution in [3.8, 4) is 5.75 Å². The van der Waals surface area contributed by atoms with Gasteiger partial charge in [0.1, 0.15) is 11.6 Å². The minimum absolute atomic E-state index is 0.00727. The normalized spacial score (nSPS) is 17.9. The molecule has 3 heteroatoms. The molecular formula is C11H14FNO. The summed E-state index contributed by atoms with van der Waals surface area (Å²) >= 11 is 0. The van der Waals surface area contributed by atoms with E-state index in [-0.39, 0.29) is 11.4 Å². The molecule has 1 aromatic rings. The van der Waals surface area contributed by atoms with Crippen molar-refractivity contribution in [2.24, 2.45) is 5.73 Å². The Hall–Kier alpha value is -1.09. The molecule has 0 radical (unpaired) electrons. The smallest absolute Gasteiger partial charge is 0.126 e. The van der Waals surface area contributed by atoms with E-state index in [2.05, 4.69) is 0 Å². The van der Waals surface area contributed by atoms with Gasteiger partial charge in [-0.15, -0.1) is 0 Å². The Morgan fingerprint density at radius 3 is 2.86 bits per heavy atom. The molecule has 0 aliphatic heterocycles. The van der Waals surface area contributed by atoms with Gasteiger partial charge in [0, 0.05) is 11.6 Å². The fraction of sp³-hybridized carbons (Fsp3) is 0.455. The summed E-state index contributed by atoms with van der Waals surface area (Å²) in [5, 5.41) is 0. The van der Waals surface area contributed by atoms with Crippen molar-refractivity contribution >= 4 is 0 Å². The van der Waals surface area contributed by atoms with Gasteiger partial charge in [-0.25, -0.2) is 4.39 Å². The molecule has 1 aliphatic carbocycles. The van der Waals surface area contributed by atoms with Crippen molar-refractivity contribution < 1.29 is 9.13 Å². The van der Waals surface area contributed by atoms with Gasteiger partial charge in [-0.05, 0) is 31.4 Å². The SMILES string of the molecule is NC1(CCOc2cccc(F)c2)CC1. The average molecular weight is 195 g/mol. The molecule has 0 bridgehead atoms. The lowest BCUT2D eigenvalue weighted by Crippen LogP contribution is -2.24. The van der Waals surface area contributed by atoms with Gasteiger partial charge < -0.3 is 10.5 Å². The van der Waals surface area contributed by atoms with Gasteiger partial charge in [0.15, 0.2) is 0 Å². The number of hydrogen-bond acceptors (Lipinski definition) is 2. The third kappa shape index (κ3) is 2.45. The molecule has 14 heavy (non-hydrogen) atoms. The topological polar surface area (TPSA) is 35.2 Å². The maximum Gasteiger partial charge on any atom is 0.126 e. The molecular weight excluding hydrogens is 181 g/mol. The summed E-state index contributed by atoms with van der Waals surface area (Å²) in [6, 6.07) is 6.17. The zero-order valence-corrected chi connectivity index (χ0v) is 8.00. The fourth-order valence-electron chi connectivity index (χ4n) is 1.34. The van der Waals surface area contributed by atoms with Gasteiger partial charge in [-0.3, -0.25) is 0 Å². The predicted molar refractivity (Wildman–Crippen MR) is 52.7 cm³/mol. The van der Waals surface area contributed by atoms with E-state index in [1.165, 1.54) is 12.1 Å². The highest BCUT2D eigenvalue weighted by Crippen LogP contribution is 2.35. The first kappa shape index (κ1) is 9.46. The minimum atomic E-state index is -0.267. The van der Waals surface area contributed by atoms with Crippen molar-refractivity contribution in [3.05, 3.63) is 30.1 Å². The van der Waals surface area contributed by atoms with E-state index in [0.29, 0.717) is 12.4 Å². The summed E-state index contributed by atoms with van der Waals surface area (Å²) in [6.45, 7) is 0.569. The van der Waals surface area contributed by atoms with Gasteiger partial charge in [-0.2, -0.15) is 0 Å². The quantitative estimate of drug-likeness (QED) is 0.798. The molecule has 1 saturated carbocycles. The zero-order chi connectivity index (χ0) is 10.0. The molecule has 0 amide bonds. The molecule has 0 heterocycles. The Labute approximate surface area is 82.9 Å². The average Bonchev–Trinajstić information content (AvgIpc) is 2.84. The summed E-state index contributed by atoms with van der Waals surface area (Å²) in [5.74, 6) is 0.311. The van der Waals surface area contributed by atoms with Gasteiger partial charge in [0.2, 0.25) is 0 Å². The van der Waals surface area contributed by atoms with Crippen LogP contribution in [-0.4, -0.2) is 12.1 Å². The van der Waals surface area contributed by atoms with Crippen LogP contribution in [0.25, 0.3) is 0 Å². The van der Waals surface area contributed by atoms with Gasteiger partial charge in [-0.1, -0.05) is 6.07 Å².